The standard InChI is InChI=1S/2Li.H3O4P.Ti.2H/c;;1-5(2,3)4;;;/h;;(H3,1,2,3,4);;;. The summed E-state index contributed by atoms with van der Waals surface area (Å²) in [6, 6.07) is 0. The molecule has 0 aromatic carbocycles. The van der Waals surface area contributed by atoms with E-state index in [9.17, 15) is 0 Å². The van der Waals surface area contributed by atoms with Crippen molar-refractivity contribution in [3.05, 3.63) is 0 Å². The zero-order valence-corrected chi connectivity index (χ0v) is 5.15. The van der Waals surface area contributed by atoms with Gasteiger partial charge in [-0.1, -0.05) is 0 Å². The van der Waals surface area contributed by atoms with E-state index in [0.717, 1.165) is 0 Å². The van der Waals surface area contributed by atoms with Gasteiger partial charge < -0.3 is 14.7 Å². The third-order valence-corrected chi connectivity index (χ3v) is 0. The molecule has 40 valence electrons. The second-order valence-electron chi connectivity index (χ2n) is 0.513. The first kappa shape index (κ1) is 22.5. The van der Waals surface area contributed by atoms with E-state index < -0.39 is 7.82 Å². The molecule has 0 fully saturated rings. The Bertz CT molecular complexity index is 60.2. The van der Waals surface area contributed by atoms with Gasteiger partial charge in [-0.25, -0.2) is 4.57 Å². The topological polar surface area (TPSA) is 77.8 Å². The number of rotatable bonds is 0. The van der Waals surface area contributed by atoms with Gasteiger partial charge in [0.15, 0.2) is 0 Å². The largest absolute Gasteiger partial charge is 0 e. The maximum atomic E-state index is 8.88. The van der Waals surface area contributed by atoms with Gasteiger partial charge in [-0.05, 0) is 0 Å². The van der Waals surface area contributed by atoms with Crippen molar-refractivity contribution in [2.24, 2.45) is 0 Å². The predicted octanol–water partition coefficient (Wildman–Crippen LogP) is -2.23. The van der Waals surface area contributed by atoms with Crippen molar-refractivity contribution in [2.75, 3.05) is 0 Å². The van der Waals surface area contributed by atoms with E-state index in [1.165, 1.54) is 0 Å². The Hall–Kier alpha value is 2.02. The molecule has 0 rings (SSSR count). The quantitative estimate of drug-likeness (QED) is 0.278. The molecule has 0 aromatic rings. The van der Waals surface area contributed by atoms with E-state index in [1.54, 1.807) is 0 Å². The minimum atomic E-state index is -4.64. The second-order valence-corrected chi connectivity index (χ2v) is 1.54. The Kier molecular flexibility index (Phi) is 25.4. The van der Waals surface area contributed by atoms with Crippen LogP contribution in [0.25, 0.3) is 0 Å². The van der Waals surface area contributed by atoms with E-state index in [1.807, 2.05) is 0 Å². The smallest absolute Gasteiger partial charge is 0 e. The molecule has 0 unspecified atom stereocenters. The molecule has 0 amide bonds. The number of hydrogen-bond acceptors (Lipinski definition) is 1. The first-order valence-electron chi connectivity index (χ1n) is 0.783. The molecule has 8 heteroatoms. The van der Waals surface area contributed by atoms with Crippen LogP contribution in [0.1, 0.15) is 0 Å². The van der Waals surface area contributed by atoms with Gasteiger partial charge in [-0.3, -0.25) is 0 Å². The second kappa shape index (κ2) is 9.02. The zero-order chi connectivity index (χ0) is 4.50. The molecule has 8 heavy (non-hydrogen) atoms. The van der Waals surface area contributed by atoms with E-state index in [0.29, 0.717) is 0 Å². The van der Waals surface area contributed by atoms with Gasteiger partial charge in [0.05, 0.1) is 0 Å². The average Bonchev–Trinajstić information content (AvgIpc) is 0.722. The van der Waals surface area contributed by atoms with Gasteiger partial charge in [-0.15, -0.1) is 0 Å². The summed E-state index contributed by atoms with van der Waals surface area (Å²) in [6.07, 6.45) is 0. The molecule has 3 N–H and O–H groups in total. The van der Waals surface area contributed by atoms with Crippen LogP contribution in [0.2, 0.25) is 0 Å². The van der Waals surface area contributed by atoms with Crippen molar-refractivity contribution in [3.8, 4) is 0 Å². The molecule has 0 aromatic heterocycles. The molecule has 0 spiro atoms. The van der Waals surface area contributed by atoms with Crippen LogP contribution in [0.15, 0.2) is 0 Å². The molecule has 0 aliphatic heterocycles. The SMILES string of the molecule is O=P(O)(O)O.[LiH].[LiH].[Ti]. The fourth-order valence-electron chi connectivity index (χ4n) is 0. The first-order chi connectivity index (χ1) is 2.00. The maximum absolute atomic E-state index is 8.88. The van der Waals surface area contributed by atoms with Crippen LogP contribution in [0.3, 0.4) is 0 Å². The Morgan fingerprint density at radius 2 is 1.00 bits per heavy atom. The van der Waals surface area contributed by atoms with E-state index >= 15 is 0 Å². The molecule has 0 heterocycles. The van der Waals surface area contributed by atoms with Crippen molar-refractivity contribution < 1.29 is 41.0 Å². The molecule has 0 saturated carbocycles. The average molecular weight is 162 g/mol. The molecular weight excluding hydrogens is 157 g/mol. The molecular formula is H5Li2O4PTi. The summed E-state index contributed by atoms with van der Waals surface area (Å²) >= 11 is 0. The van der Waals surface area contributed by atoms with Gasteiger partial charge in [0.2, 0.25) is 0 Å². The van der Waals surface area contributed by atoms with Gasteiger partial charge in [0.1, 0.15) is 0 Å². The zero-order valence-electron chi connectivity index (χ0n) is 2.70. The number of hydrogen-bond donors (Lipinski definition) is 3. The normalized spacial score (nSPS) is 7.38. The van der Waals surface area contributed by atoms with Gasteiger partial charge >= 0.3 is 45.5 Å². The van der Waals surface area contributed by atoms with Crippen LogP contribution in [0, 0.1) is 0 Å². The minimum absolute atomic E-state index is 0. The van der Waals surface area contributed by atoms with E-state index in [-0.39, 0.29) is 59.4 Å². The predicted molar refractivity (Wildman–Crippen MR) is 28.6 cm³/mol. The van der Waals surface area contributed by atoms with Crippen LogP contribution in [-0.4, -0.2) is 52.4 Å². The first-order valence-corrected chi connectivity index (χ1v) is 2.35. The molecule has 0 bridgehead atoms. The summed E-state index contributed by atoms with van der Waals surface area (Å²) in [6.45, 7) is 0. The monoisotopic (exact) mass is 162 g/mol. The van der Waals surface area contributed by atoms with Gasteiger partial charge in [0, 0.05) is 21.7 Å². The van der Waals surface area contributed by atoms with Crippen LogP contribution in [-0.2, 0) is 26.3 Å². The molecule has 0 atom stereocenters. The summed E-state index contributed by atoms with van der Waals surface area (Å²) in [5.74, 6) is 0. The van der Waals surface area contributed by atoms with Crippen LogP contribution < -0.4 is 0 Å². The molecule has 0 aliphatic rings. The molecule has 0 radical (unpaired) electrons. The summed E-state index contributed by atoms with van der Waals surface area (Å²) in [7, 11) is -4.64. The maximum Gasteiger partial charge on any atom is 0 e. The van der Waals surface area contributed by atoms with Crippen LogP contribution >= 0.6 is 7.82 Å². The van der Waals surface area contributed by atoms with E-state index in [4.69, 9.17) is 19.2 Å². The summed E-state index contributed by atoms with van der Waals surface area (Å²) in [5.41, 5.74) is 0. The molecule has 0 aliphatic carbocycles. The van der Waals surface area contributed by atoms with Crippen molar-refractivity contribution >= 4 is 45.5 Å². The summed E-state index contributed by atoms with van der Waals surface area (Å²) in [5, 5.41) is 0. The Morgan fingerprint density at radius 3 is 1.00 bits per heavy atom. The van der Waals surface area contributed by atoms with E-state index in [2.05, 4.69) is 0 Å². The van der Waals surface area contributed by atoms with Gasteiger partial charge in [-0.2, -0.15) is 0 Å². The molecule has 0 saturated heterocycles. The third kappa shape index (κ3) is 96.9. The van der Waals surface area contributed by atoms with Crippen molar-refractivity contribution in [3.63, 3.8) is 0 Å². The number of phosphoric acid groups is 1. The Morgan fingerprint density at radius 1 is 1.00 bits per heavy atom. The molecule has 4 nitrogen and oxygen atoms in total. The van der Waals surface area contributed by atoms with Gasteiger partial charge in [0.25, 0.3) is 0 Å². The summed E-state index contributed by atoms with van der Waals surface area (Å²) in [4.78, 5) is 21.6. The van der Waals surface area contributed by atoms with Crippen molar-refractivity contribution in [2.45, 2.75) is 0 Å². The minimum Gasteiger partial charge on any atom is 0 e. The van der Waals surface area contributed by atoms with Crippen molar-refractivity contribution in [1.29, 1.82) is 0 Å². The van der Waals surface area contributed by atoms with Crippen LogP contribution in [0.4, 0.5) is 0 Å². The fraction of sp³-hybridized carbons (Fsp3) is 0. The Labute approximate surface area is 85.9 Å². The Balaban J connectivity index is -0.0000000267. The summed E-state index contributed by atoms with van der Waals surface area (Å²) < 4.78 is 8.88. The third-order valence-electron chi connectivity index (χ3n) is 0. The fourth-order valence-corrected chi connectivity index (χ4v) is 0. The van der Waals surface area contributed by atoms with Crippen LogP contribution in [0.5, 0.6) is 0 Å². The van der Waals surface area contributed by atoms with Crippen molar-refractivity contribution in [1.82, 2.24) is 0 Å².